The number of carbonyl (C=O) groups is 2. The highest BCUT2D eigenvalue weighted by molar-refractivity contribution is 5.95. The van der Waals surface area contributed by atoms with Gasteiger partial charge in [0.15, 0.2) is 0 Å². The predicted molar refractivity (Wildman–Crippen MR) is 75.5 cm³/mol. The van der Waals surface area contributed by atoms with Crippen LogP contribution in [-0.4, -0.2) is 55.8 Å². The maximum Gasteiger partial charge on any atom is 0.313 e. The Bertz CT molecular complexity index is 545. The number of nitrogens with zero attached hydrogens (tertiary/aromatic N) is 1. The van der Waals surface area contributed by atoms with Crippen LogP contribution in [0.4, 0.5) is 0 Å². The summed E-state index contributed by atoms with van der Waals surface area (Å²) in [4.78, 5) is 25.5. The summed E-state index contributed by atoms with van der Waals surface area (Å²) in [6, 6.07) is 6.84. The zero-order chi connectivity index (χ0) is 15.5. The first-order valence-corrected chi connectivity index (χ1v) is 6.68. The van der Waals surface area contributed by atoms with Crippen LogP contribution >= 0.6 is 0 Å². The fraction of sp³-hybridized carbons (Fsp3) is 0.467. The summed E-state index contributed by atoms with van der Waals surface area (Å²) < 4.78 is 10.1. The average molecular weight is 293 g/mol. The molecule has 0 saturated carbocycles. The van der Waals surface area contributed by atoms with Gasteiger partial charge in [-0.15, -0.1) is 0 Å². The smallest absolute Gasteiger partial charge is 0.313 e. The highest BCUT2D eigenvalue weighted by Gasteiger charge is 2.46. The maximum atomic E-state index is 12.5. The number of likely N-dealkylation sites (tertiary alicyclic amines) is 1. The van der Waals surface area contributed by atoms with E-state index < -0.39 is 11.4 Å². The Hall–Kier alpha value is -2.08. The molecule has 1 heterocycles. The van der Waals surface area contributed by atoms with Crippen molar-refractivity contribution in [3.05, 3.63) is 29.8 Å². The summed E-state index contributed by atoms with van der Waals surface area (Å²) in [5, 5.41) is 9.41. The van der Waals surface area contributed by atoms with Crippen LogP contribution in [0.5, 0.6) is 5.75 Å². The number of methoxy groups -OCH3 is 2. The monoisotopic (exact) mass is 293 g/mol. The zero-order valence-corrected chi connectivity index (χ0v) is 12.2. The Morgan fingerprint density at radius 2 is 2.14 bits per heavy atom. The van der Waals surface area contributed by atoms with E-state index in [0.29, 0.717) is 24.3 Å². The molecule has 1 atom stereocenters. The van der Waals surface area contributed by atoms with Gasteiger partial charge in [-0.25, -0.2) is 0 Å². The lowest BCUT2D eigenvalue weighted by molar-refractivity contribution is -0.151. The van der Waals surface area contributed by atoms with Crippen LogP contribution in [0.25, 0.3) is 0 Å². The van der Waals surface area contributed by atoms with Crippen molar-refractivity contribution in [2.45, 2.75) is 6.42 Å². The largest absolute Gasteiger partial charge is 0.497 e. The molecule has 0 bridgehead atoms. The lowest BCUT2D eigenvalue weighted by Crippen LogP contribution is -2.40. The molecule has 1 aromatic carbocycles. The summed E-state index contributed by atoms with van der Waals surface area (Å²) in [7, 11) is 3.00. The topological polar surface area (TPSA) is 76.1 Å². The molecule has 0 spiro atoms. The lowest BCUT2D eigenvalue weighted by atomic mass is 9.88. The third kappa shape index (κ3) is 3.00. The molecule has 0 aliphatic carbocycles. The van der Waals surface area contributed by atoms with Crippen LogP contribution < -0.4 is 4.74 Å². The van der Waals surface area contributed by atoms with Crippen LogP contribution in [0.15, 0.2) is 24.3 Å². The number of carbonyl (C=O) groups excluding carboxylic acids is 1. The molecule has 1 aliphatic rings. The third-order valence-electron chi connectivity index (χ3n) is 3.83. The quantitative estimate of drug-likeness (QED) is 0.884. The average Bonchev–Trinajstić information content (AvgIpc) is 2.92. The SMILES string of the molecule is COCC1(C(=O)O)CCN(C(=O)c2cccc(OC)c2)C1. The number of aliphatic carboxylic acids is 1. The lowest BCUT2D eigenvalue weighted by Gasteiger charge is -2.23. The molecule has 21 heavy (non-hydrogen) atoms. The molecule has 1 saturated heterocycles. The van der Waals surface area contributed by atoms with Crippen molar-refractivity contribution >= 4 is 11.9 Å². The van der Waals surface area contributed by atoms with Crippen molar-refractivity contribution < 1.29 is 24.2 Å². The Kier molecular flexibility index (Phi) is 4.47. The van der Waals surface area contributed by atoms with Crippen molar-refractivity contribution in [1.82, 2.24) is 4.90 Å². The molecule has 1 fully saturated rings. The van der Waals surface area contributed by atoms with Gasteiger partial charge in [0.1, 0.15) is 11.2 Å². The molecule has 2 rings (SSSR count). The number of ether oxygens (including phenoxy) is 2. The van der Waals surface area contributed by atoms with E-state index in [9.17, 15) is 14.7 Å². The van der Waals surface area contributed by atoms with Gasteiger partial charge in [0.25, 0.3) is 5.91 Å². The van der Waals surface area contributed by atoms with Crippen LogP contribution in [0.1, 0.15) is 16.8 Å². The first-order valence-electron chi connectivity index (χ1n) is 6.68. The summed E-state index contributed by atoms with van der Waals surface area (Å²) in [6.45, 7) is 0.669. The third-order valence-corrected chi connectivity index (χ3v) is 3.83. The van der Waals surface area contributed by atoms with Crippen LogP contribution in [-0.2, 0) is 9.53 Å². The van der Waals surface area contributed by atoms with Crippen molar-refractivity contribution in [3.63, 3.8) is 0 Å². The van der Waals surface area contributed by atoms with Gasteiger partial charge in [0.2, 0.25) is 0 Å². The van der Waals surface area contributed by atoms with Gasteiger partial charge in [-0.1, -0.05) is 6.07 Å². The molecule has 0 aromatic heterocycles. The first kappa shape index (κ1) is 15.3. The molecule has 1 unspecified atom stereocenters. The molecule has 6 heteroatoms. The van der Waals surface area contributed by atoms with Gasteiger partial charge in [0, 0.05) is 25.8 Å². The molecule has 1 aromatic rings. The maximum absolute atomic E-state index is 12.5. The van der Waals surface area contributed by atoms with Gasteiger partial charge < -0.3 is 19.5 Å². The van der Waals surface area contributed by atoms with E-state index in [0.717, 1.165) is 0 Å². The Balaban J connectivity index is 2.16. The van der Waals surface area contributed by atoms with Crippen LogP contribution in [0.2, 0.25) is 0 Å². The van der Waals surface area contributed by atoms with E-state index in [1.165, 1.54) is 14.2 Å². The zero-order valence-electron chi connectivity index (χ0n) is 12.2. The van der Waals surface area contributed by atoms with E-state index in [1.807, 2.05) is 0 Å². The van der Waals surface area contributed by atoms with Gasteiger partial charge in [0.05, 0.1) is 13.7 Å². The van der Waals surface area contributed by atoms with Crippen molar-refractivity contribution in [2.75, 3.05) is 33.9 Å². The minimum absolute atomic E-state index is 0.101. The Labute approximate surface area is 123 Å². The Morgan fingerprint density at radius 1 is 1.38 bits per heavy atom. The molecule has 1 amide bonds. The molecule has 6 nitrogen and oxygen atoms in total. The number of carboxylic acid groups (broad SMARTS) is 1. The highest BCUT2D eigenvalue weighted by Crippen LogP contribution is 2.32. The number of amides is 1. The fourth-order valence-corrected chi connectivity index (χ4v) is 2.61. The van der Waals surface area contributed by atoms with Gasteiger partial charge in [-0.3, -0.25) is 9.59 Å². The van der Waals surface area contributed by atoms with Gasteiger partial charge in [-0.2, -0.15) is 0 Å². The standard InChI is InChI=1S/C15H19NO5/c1-20-10-15(14(18)19)6-7-16(9-15)13(17)11-4-3-5-12(8-11)21-2/h3-5,8H,6-7,9-10H2,1-2H3,(H,18,19). The van der Waals surface area contributed by atoms with E-state index in [-0.39, 0.29) is 19.1 Å². The van der Waals surface area contributed by atoms with Gasteiger partial charge >= 0.3 is 5.97 Å². The summed E-state index contributed by atoms with van der Waals surface area (Å²) >= 11 is 0. The summed E-state index contributed by atoms with van der Waals surface area (Å²) in [5.41, 5.74) is -0.517. The second-order valence-electron chi connectivity index (χ2n) is 5.23. The van der Waals surface area contributed by atoms with Crippen LogP contribution in [0.3, 0.4) is 0 Å². The molecule has 1 aliphatic heterocycles. The van der Waals surface area contributed by atoms with Crippen molar-refractivity contribution in [1.29, 1.82) is 0 Å². The molecule has 1 N–H and O–H groups in total. The van der Waals surface area contributed by atoms with Crippen molar-refractivity contribution in [2.24, 2.45) is 5.41 Å². The fourth-order valence-electron chi connectivity index (χ4n) is 2.61. The van der Waals surface area contributed by atoms with Crippen molar-refractivity contribution in [3.8, 4) is 5.75 Å². The Morgan fingerprint density at radius 3 is 2.76 bits per heavy atom. The number of hydrogen-bond donors (Lipinski definition) is 1. The number of hydrogen-bond acceptors (Lipinski definition) is 4. The second kappa shape index (κ2) is 6.13. The normalized spacial score (nSPS) is 21.3. The number of rotatable bonds is 5. The minimum atomic E-state index is -1.01. The summed E-state index contributed by atoms with van der Waals surface area (Å²) in [5.74, 6) is -0.514. The number of benzene rings is 1. The van der Waals surface area contributed by atoms with Gasteiger partial charge in [-0.05, 0) is 24.6 Å². The molecular formula is C15H19NO5. The van der Waals surface area contributed by atoms with E-state index in [4.69, 9.17) is 9.47 Å². The number of carboxylic acids is 1. The molecular weight excluding hydrogens is 274 g/mol. The molecule has 0 radical (unpaired) electrons. The minimum Gasteiger partial charge on any atom is -0.497 e. The second-order valence-corrected chi connectivity index (χ2v) is 5.23. The van der Waals surface area contributed by atoms with E-state index >= 15 is 0 Å². The van der Waals surface area contributed by atoms with E-state index in [2.05, 4.69) is 0 Å². The first-order chi connectivity index (χ1) is 10.0. The van der Waals surface area contributed by atoms with E-state index in [1.54, 1.807) is 29.2 Å². The predicted octanol–water partition coefficient (Wildman–Crippen LogP) is 1.26. The molecule has 114 valence electrons. The van der Waals surface area contributed by atoms with Crippen LogP contribution in [0, 0.1) is 5.41 Å². The summed E-state index contributed by atoms with van der Waals surface area (Å²) in [6.07, 6.45) is 0.395. The highest BCUT2D eigenvalue weighted by atomic mass is 16.5.